The number of benzene rings is 1. The highest BCUT2D eigenvalue weighted by molar-refractivity contribution is 5.91. The zero-order valence-electron chi connectivity index (χ0n) is 20.2. The molecule has 0 radical (unpaired) electrons. The average molecular weight is 481 g/mol. The number of rotatable bonds is 11. The molecular formula is C27H36N4O4. The third-order valence-corrected chi connectivity index (χ3v) is 6.71. The predicted molar refractivity (Wildman–Crippen MR) is 137 cm³/mol. The van der Waals surface area contributed by atoms with Gasteiger partial charge >= 0.3 is 5.97 Å². The largest absolute Gasteiger partial charge is 0.486 e. The Kier molecular flexibility index (Phi) is 8.81. The number of anilines is 3. The van der Waals surface area contributed by atoms with Crippen LogP contribution in [0.2, 0.25) is 0 Å². The maximum atomic E-state index is 12.5. The first-order valence-corrected chi connectivity index (χ1v) is 12.8. The number of fused-ring (bicyclic) bond motifs is 1. The number of ether oxygens (including phenoxy) is 1. The molecule has 1 aromatic heterocycles. The molecule has 35 heavy (non-hydrogen) atoms. The van der Waals surface area contributed by atoms with Crippen LogP contribution in [-0.2, 0) is 9.59 Å². The number of hydrogen-bond donors (Lipinski definition) is 3. The van der Waals surface area contributed by atoms with Crippen molar-refractivity contribution in [2.24, 2.45) is 5.92 Å². The molecular weight excluding hydrogens is 444 g/mol. The van der Waals surface area contributed by atoms with E-state index in [-0.39, 0.29) is 18.4 Å². The highest BCUT2D eigenvalue weighted by Crippen LogP contribution is 2.38. The van der Waals surface area contributed by atoms with Gasteiger partial charge in [0.25, 0.3) is 0 Å². The maximum absolute atomic E-state index is 12.5. The molecule has 1 aliphatic heterocycles. The van der Waals surface area contributed by atoms with Crippen LogP contribution in [0.3, 0.4) is 0 Å². The Balaban J connectivity index is 1.32. The lowest BCUT2D eigenvalue weighted by Gasteiger charge is -2.38. The van der Waals surface area contributed by atoms with Crippen LogP contribution in [0.15, 0.2) is 42.6 Å². The second-order valence-electron chi connectivity index (χ2n) is 9.58. The monoisotopic (exact) mass is 480 g/mol. The number of hydrogen-bond acceptors (Lipinski definition) is 6. The van der Waals surface area contributed by atoms with Gasteiger partial charge in [-0.15, -0.1) is 0 Å². The van der Waals surface area contributed by atoms with Crippen molar-refractivity contribution in [2.75, 3.05) is 35.2 Å². The van der Waals surface area contributed by atoms with Crippen molar-refractivity contribution < 1.29 is 19.4 Å². The Morgan fingerprint density at radius 3 is 2.74 bits per heavy atom. The molecule has 1 saturated carbocycles. The number of amides is 1. The minimum Gasteiger partial charge on any atom is -0.486 e. The molecule has 0 spiro atoms. The van der Waals surface area contributed by atoms with E-state index in [0.29, 0.717) is 24.6 Å². The summed E-state index contributed by atoms with van der Waals surface area (Å²) in [5.74, 6) is 1.28. The first-order chi connectivity index (χ1) is 17.1. The number of aliphatic carboxylic acids is 1. The minimum atomic E-state index is -0.852. The molecule has 0 saturated heterocycles. The van der Waals surface area contributed by atoms with Crippen LogP contribution in [0.5, 0.6) is 5.75 Å². The van der Waals surface area contributed by atoms with Crippen molar-refractivity contribution in [3.8, 4) is 5.75 Å². The number of nitrogens with zero attached hydrogens (tertiary/aromatic N) is 2. The van der Waals surface area contributed by atoms with Gasteiger partial charge in [0.2, 0.25) is 5.91 Å². The minimum absolute atomic E-state index is 0.0119. The summed E-state index contributed by atoms with van der Waals surface area (Å²) in [5.41, 5.74) is 1.68. The Labute approximate surface area is 207 Å². The summed E-state index contributed by atoms with van der Waals surface area (Å²) >= 11 is 0. The molecule has 188 valence electrons. The number of carboxylic acids is 1. The fourth-order valence-electron chi connectivity index (χ4n) is 4.98. The van der Waals surface area contributed by atoms with Gasteiger partial charge in [-0.3, -0.25) is 9.59 Å². The summed E-state index contributed by atoms with van der Waals surface area (Å²) in [6.45, 7) is 2.22. The number of carboxylic acid groups (broad SMARTS) is 1. The first kappa shape index (κ1) is 24.8. The molecule has 1 atom stereocenters. The fourth-order valence-corrected chi connectivity index (χ4v) is 4.98. The zero-order valence-corrected chi connectivity index (χ0v) is 20.2. The van der Waals surface area contributed by atoms with Crippen LogP contribution in [0.25, 0.3) is 0 Å². The van der Waals surface area contributed by atoms with E-state index < -0.39 is 5.97 Å². The molecule has 2 aromatic rings. The van der Waals surface area contributed by atoms with Gasteiger partial charge in [0.05, 0.1) is 18.7 Å². The Morgan fingerprint density at radius 2 is 1.97 bits per heavy atom. The van der Waals surface area contributed by atoms with Crippen molar-refractivity contribution in [1.82, 2.24) is 4.98 Å². The van der Waals surface area contributed by atoms with E-state index in [2.05, 4.69) is 20.5 Å². The fraction of sp³-hybridized carbons (Fsp3) is 0.519. The summed E-state index contributed by atoms with van der Waals surface area (Å²) in [6, 6.07) is 11.4. The molecule has 1 aromatic carbocycles. The van der Waals surface area contributed by atoms with E-state index in [4.69, 9.17) is 4.74 Å². The molecule has 8 nitrogen and oxygen atoms in total. The van der Waals surface area contributed by atoms with E-state index >= 15 is 0 Å². The summed E-state index contributed by atoms with van der Waals surface area (Å²) in [5, 5.41) is 15.6. The van der Waals surface area contributed by atoms with E-state index in [1.807, 2.05) is 36.4 Å². The molecule has 8 heteroatoms. The molecule has 2 aliphatic rings. The lowest BCUT2D eigenvalue weighted by molar-refractivity contribution is -0.138. The third kappa shape index (κ3) is 7.60. The lowest BCUT2D eigenvalue weighted by Crippen LogP contribution is -2.43. The quantitative estimate of drug-likeness (QED) is 0.392. The highest BCUT2D eigenvalue weighted by atomic mass is 16.5. The Hall–Kier alpha value is -3.29. The third-order valence-electron chi connectivity index (χ3n) is 6.71. The van der Waals surface area contributed by atoms with Crippen LogP contribution in [0, 0.1) is 5.92 Å². The van der Waals surface area contributed by atoms with Gasteiger partial charge in [0, 0.05) is 31.4 Å². The molecule has 2 heterocycles. The van der Waals surface area contributed by atoms with Crippen LogP contribution in [0.4, 0.5) is 17.2 Å². The van der Waals surface area contributed by atoms with E-state index in [1.54, 1.807) is 6.20 Å². The van der Waals surface area contributed by atoms with Gasteiger partial charge in [-0.2, -0.15) is 0 Å². The Morgan fingerprint density at radius 1 is 1.11 bits per heavy atom. The number of unbranched alkanes of at least 4 members (excludes halogenated alkanes) is 1. The van der Waals surface area contributed by atoms with Crippen molar-refractivity contribution in [2.45, 2.75) is 63.9 Å². The maximum Gasteiger partial charge on any atom is 0.307 e. The van der Waals surface area contributed by atoms with Crippen LogP contribution < -0.4 is 20.3 Å². The Bertz CT molecular complexity index is 978. The lowest BCUT2D eigenvalue weighted by atomic mass is 9.88. The summed E-state index contributed by atoms with van der Waals surface area (Å²) < 4.78 is 6.00. The van der Waals surface area contributed by atoms with Gasteiger partial charge in [0.15, 0.2) is 0 Å². The topological polar surface area (TPSA) is 104 Å². The van der Waals surface area contributed by atoms with Crippen molar-refractivity contribution >= 4 is 29.1 Å². The molecule has 4 rings (SSSR count). The number of pyridine rings is 1. The van der Waals surface area contributed by atoms with Gasteiger partial charge in [-0.1, -0.05) is 25.3 Å². The van der Waals surface area contributed by atoms with Crippen molar-refractivity contribution in [1.29, 1.82) is 0 Å². The molecule has 3 N–H and O–H groups in total. The van der Waals surface area contributed by atoms with Gasteiger partial charge in [-0.25, -0.2) is 4.98 Å². The molecule has 1 unspecified atom stereocenters. The number of aromatic nitrogens is 1. The second kappa shape index (κ2) is 12.4. The first-order valence-electron chi connectivity index (χ1n) is 12.8. The van der Waals surface area contributed by atoms with E-state index in [9.17, 15) is 14.7 Å². The molecule has 1 amide bonds. The summed E-state index contributed by atoms with van der Waals surface area (Å²) in [6.07, 6.45) is 9.70. The number of carbonyl (C=O) groups is 2. The van der Waals surface area contributed by atoms with Crippen LogP contribution >= 0.6 is 0 Å². The number of carbonyl (C=O) groups excluding carboxylic acids is 1. The molecule has 0 bridgehead atoms. The van der Waals surface area contributed by atoms with E-state index in [0.717, 1.165) is 43.1 Å². The van der Waals surface area contributed by atoms with Gasteiger partial charge < -0.3 is 25.4 Å². The highest BCUT2D eigenvalue weighted by Gasteiger charge is 2.29. The molecule has 1 aliphatic carbocycles. The number of nitrogens with one attached hydrogen (secondary N) is 2. The SMILES string of the molecule is O=C(O)CC1CN(CC2CCCCC2)c2cc(NC(=O)CCCCNc3ccccn3)ccc2O1. The summed E-state index contributed by atoms with van der Waals surface area (Å²) in [4.78, 5) is 30.3. The molecule has 1 fully saturated rings. The summed E-state index contributed by atoms with van der Waals surface area (Å²) in [7, 11) is 0. The van der Waals surface area contributed by atoms with Gasteiger partial charge in [0.1, 0.15) is 17.7 Å². The van der Waals surface area contributed by atoms with Crippen LogP contribution in [0.1, 0.15) is 57.8 Å². The smallest absolute Gasteiger partial charge is 0.307 e. The van der Waals surface area contributed by atoms with Crippen molar-refractivity contribution in [3.63, 3.8) is 0 Å². The normalized spacial score (nSPS) is 17.8. The van der Waals surface area contributed by atoms with E-state index in [1.165, 1.54) is 32.1 Å². The standard InChI is InChI=1S/C27H36N4O4/c32-26(11-5-7-15-29-25-10-4-6-14-28-25)30-21-12-13-24-23(16-21)31(18-20-8-2-1-3-9-20)19-22(35-24)17-27(33)34/h4,6,10,12-14,16,20,22H,1-3,5,7-9,11,15,17-19H2,(H,28,29)(H,30,32)(H,33,34). The van der Waals surface area contributed by atoms with Gasteiger partial charge in [-0.05, 0) is 61.9 Å². The van der Waals surface area contributed by atoms with Crippen LogP contribution in [-0.4, -0.2) is 47.7 Å². The second-order valence-corrected chi connectivity index (χ2v) is 9.58. The van der Waals surface area contributed by atoms with Crippen molar-refractivity contribution in [3.05, 3.63) is 42.6 Å². The zero-order chi connectivity index (χ0) is 24.5. The predicted octanol–water partition coefficient (Wildman–Crippen LogP) is 4.92. The average Bonchev–Trinajstić information content (AvgIpc) is 2.85.